The third-order valence-corrected chi connectivity index (χ3v) is 5.88. The van der Waals surface area contributed by atoms with Gasteiger partial charge in [0.15, 0.2) is 5.78 Å². The van der Waals surface area contributed by atoms with Crippen LogP contribution < -0.4 is 4.90 Å². The van der Waals surface area contributed by atoms with E-state index < -0.39 is 5.54 Å². The summed E-state index contributed by atoms with van der Waals surface area (Å²) in [5.74, 6) is 0.00925. The van der Waals surface area contributed by atoms with Gasteiger partial charge in [0.05, 0.1) is 5.54 Å². The van der Waals surface area contributed by atoms with E-state index in [4.69, 9.17) is 0 Å². The molecule has 4 heteroatoms. The van der Waals surface area contributed by atoms with Crippen LogP contribution in [0.25, 0.3) is 6.08 Å². The highest BCUT2D eigenvalue weighted by molar-refractivity contribution is 5.91. The minimum absolute atomic E-state index is 0.00883. The van der Waals surface area contributed by atoms with Gasteiger partial charge in [-0.05, 0) is 85.0 Å². The molecule has 0 saturated heterocycles. The standard InChI is InChI=1S/C26H24FNO2/c1-18(29)3-4-19-5-7-21(8-6-19)26(2)25-14-13-24(30)17-20(25)15-16-28(26)23-11-9-22(27)10-12-23/h3-14,17,30H,15-16H2,1-2H3/b4-3+. The second kappa shape index (κ2) is 7.79. The number of nitrogens with zero attached hydrogens (tertiary/aromatic N) is 1. The number of hydrogen-bond donors (Lipinski definition) is 1. The van der Waals surface area contributed by atoms with Crippen molar-refractivity contribution in [3.05, 3.63) is 101 Å². The van der Waals surface area contributed by atoms with E-state index in [9.17, 15) is 14.3 Å². The van der Waals surface area contributed by atoms with E-state index in [1.54, 1.807) is 18.2 Å². The molecule has 0 amide bonds. The Hall–Kier alpha value is -3.40. The van der Waals surface area contributed by atoms with Crippen LogP contribution in [-0.2, 0) is 16.8 Å². The molecule has 0 bridgehead atoms. The number of anilines is 1. The first-order valence-corrected chi connectivity index (χ1v) is 10.0. The normalized spacial score (nSPS) is 18.4. The van der Waals surface area contributed by atoms with Crippen molar-refractivity contribution in [1.82, 2.24) is 0 Å². The fourth-order valence-corrected chi connectivity index (χ4v) is 4.32. The molecular weight excluding hydrogens is 377 g/mol. The predicted molar refractivity (Wildman–Crippen MR) is 118 cm³/mol. The largest absolute Gasteiger partial charge is 0.508 e. The van der Waals surface area contributed by atoms with Crippen LogP contribution in [0.2, 0.25) is 0 Å². The molecule has 0 radical (unpaired) electrons. The van der Waals surface area contributed by atoms with Crippen molar-refractivity contribution in [2.45, 2.75) is 25.8 Å². The van der Waals surface area contributed by atoms with E-state index in [1.807, 2.05) is 36.4 Å². The van der Waals surface area contributed by atoms with Crippen LogP contribution in [0.4, 0.5) is 10.1 Å². The number of carbonyl (C=O) groups excluding carboxylic acids is 1. The molecule has 1 atom stereocenters. The Morgan fingerprint density at radius 3 is 2.43 bits per heavy atom. The van der Waals surface area contributed by atoms with Crippen molar-refractivity contribution in [3.63, 3.8) is 0 Å². The Morgan fingerprint density at radius 2 is 1.77 bits per heavy atom. The number of hydrogen-bond acceptors (Lipinski definition) is 3. The summed E-state index contributed by atoms with van der Waals surface area (Å²) >= 11 is 0. The van der Waals surface area contributed by atoms with Crippen LogP contribution in [0, 0.1) is 5.82 Å². The monoisotopic (exact) mass is 401 g/mol. The molecule has 3 aromatic carbocycles. The van der Waals surface area contributed by atoms with Gasteiger partial charge >= 0.3 is 0 Å². The molecule has 1 aliphatic heterocycles. The number of ketones is 1. The van der Waals surface area contributed by atoms with Crippen molar-refractivity contribution in [2.24, 2.45) is 0 Å². The summed E-state index contributed by atoms with van der Waals surface area (Å²) in [6.45, 7) is 4.43. The first-order valence-electron chi connectivity index (χ1n) is 10.0. The summed E-state index contributed by atoms with van der Waals surface area (Å²) in [5, 5.41) is 9.99. The van der Waals surface area contributed by atoms with Crippen LogP contribution in [0.1, 0.15) is 36.1 Å². The maximum atomic E-state index is 13.5. The van der Waals surface area contributed by atoms with Crippen LogP contribution in [0.5, 0.6) is 5.75 Å². The first kappa shape index (κ1) is 19.9. The van der Waals surface area contributed by atoms with E-state index in [1.165, 1.54) is 19.1 Å². The highest BCUT2D eigenvalue weighted by Crippen LogP contribution is 2.44. The average molecular weight is 401 g/mol. The van der Waals surface area contributed by atoms with Crippen molar-refractivity contribution >= 4 is 17.5 Å². The SMILES string of the molecule is CC(=O)/C=C/c1ccc(C2(C)c3ccc(O)cc3CCN2c2ccc(F)cc2)cc1. The Labute approximate surface area is 176 Å². The topological polar surface area (TPSA) is 40.5 Å². The minimum Gasteiger partial charge on any atom is -0.508 e. The number of phenolic OH excluding ortho intramolecular Hbond substituents is 1. The summed E-state index contributed by atoms with van der Waals surface area (Å²) in [6, 6.07) is 20.2. The Bertz CT molecular complexity index is 1100. The highest BCUT2D eigenvalue weighted by Gasteiger charge is 2.40. The third-order valence-electron chi connectivity index (χ3n) is 5.88. The lowest BCUT2D eigenvalue weighted by atomic mass is 9.76. The summed E-state index contributed by atoms with van der Waals surface area (Å²) in [6.07, 6.45) is 4.15. The van der Waals surface area contributed by atoms with E-state index in [0.29, 0.717) is 0 Å². The number of rotatable bonds is 4. The van der Waals surface area contributed by atoms with E-state index in [2.05, 4.69) is 24.0 Å². The maximum Gasteiger partial charge on any atom is 0.152 e. The van der Waals surface area contributed by atoms with Gasteiger partial charge in [0.25, 0.3) is 0 Å². The smallest absolute Gasteiger partial charge is 0.152 e. The molecule has 1 heterocycles. The molecule has 30 heavy (non-hydrogen) atoms. The highest BCUT2D eigenvalue weighted by atomic mass is 19.1. The number of halogens is 1. The first-order chi connectivity index (χ1) is 14.4. The Morgan fingerprint density at radius 1 is 1.07 bits per heavy atom. The van der Waals surface area contributed by atoms with Crippen molar-refractivity contribution in [1.29, 1.82) is 0 Å². The Balaban J connectivity index is 1.84. The number of fused-ring (bicyclic) bond motifs is 1. The minimum atomic E-state index is -0.498. The zero-order valence-corrected chi connectivity index (χ0v) is 17.1. The lowest BCUT2D eigenvalue weighted by molar-refractivity contribution is -0.112. The van der Waals surface area contributed by atoms with Crippen molar-refractivity contribution < 1.29 is 14.3 Å². The van der Waals surface area contributed by atoms with Gasteiger partial charge in [-0.15, -0.1) is 0 Å². The molecule has 0 saturated carbocycles. The quantitative estimate of drug-likeness (QED) is 0.590. The molecule has 0 aromatic heterocycles. The second-order valence-corrected chi connectivity index (χ2v) is 7.86. The van der Waals surface area contributed by atoms with Gasteiger partial charge in [0.2, 0.25) is 0 Å². The van der Waals surface area contributed by atoms with Crippen LogP contribution in [0.3, 0.4) is 0 Å². The molecule has 0 aliphatic carbocycles. The lowest BCUT2D eigenvalue weighted by Gasteiger charge is -2.48. The molecule has 1 N–H and O–H groups in total. The molecule has 4 rings (SSSR count). The van der Waals surface area contributed by atoms with E-state index in [-0.39, 0.29) is 17.3 Å². The average Bonchev–Trinajstić information content (AvgIpc) is 2.73. The molecule has 1 aliphatic rings. The van der Waals surface area contributed by atoms with Crippen molar-refractivity contribution in [2.75, 3.05) is 11.4 Å². The lowest BCUT2D eigenvalue weighted by Crippen LogP contribution is -2.49. The van der Waals surface area contributed by atoms with Crippen LogP contribution in [0.15, 0.2) is 72.8 Å². The van der Waals surface area contributed by atoms with Gasteiger partial charge in [-0.25, -0.2) is 4.39 Å². The zero-order chi connectivity index (χ0) is 21.3. The summed E-state index contributed by atoms with van der Waals surface area (Å²) in [4.78, 5) is 13.5. The predicted octanol–water partition coefficient (Wildman–Crippen LogP) is 5.46. The molecule has 0 fully saturated rings. The Kier molecular flexibility index (Phi) is 5.17. The number of allylic oxidation sites excluding steroid dienone is 1. The molecule has 3 aromatic rings. The fraction of sp³-hybridized carbons (Fsp3) is 0.192. The van der Waals surface area contributed by atoms with Crippen molar-refractivity contribution in [3.8, 4) is 5.75 Å². The summed E-state index contributed by atoms with van der Waals surface area (Å²) in [7, 11) is 0. The summed E-state index contributed by atoms with van der Waals surface area (Å²) < 4.78 is 13.5. The van der Waals surface area contributed by atoms with Gasteiger partial charge in [0, 0.05) is 12.2 Å². The number of benzene rings is 3. The van der Waals surface area contributed by atoms with Gasteiger partial charge in [0.1, 0.15) is 11.6 Å². The van der Waals surface area contributed by atoms with E-state index >= 15 is 0 Å². The third kappa shape index (κ3) is 3.61. The van der Waals surface area contributed by atoms with Gasteiger partial charge in [-0.2, -0.15) is 0 Å². The zero-order valence-electron chi connectivity index (χ0n) is 17.1. The van der Waals surface area contributed by atoms with Gasteiger partial charge in [-0.1, -0.05) is 36.4 Å². The number of carbonyl (C=O) groups is 1. The molecule has 0 spiro atoms. The van der Waals surface area contributed by atoms with Crippen LogP contribution in [-0.4, -0.2) is 17.4 Å². The molecule has 1 unspecified atom stereocenters. The number of aromatic hydroxyl groups is 1. The summed E-state index contributed by atoms with van der Waals surface area (Å²) in [5.41, 5.74) is 4.70. The van der Waals surface area contributed by atoms with Gasteiger partial charge in [-0.3, -0.25) is 4.79 Å². The molecule has 152 valence electrons. The van der Waals surface area contributed by atoms with Gasteiger partial charge < -0.3 is 10.0 Å². The molecular formula is C26H24FNO2. The second-order valence-electron chi connectivity index (χ2n) is 7.86. The van der Waals surface area contributed by atoms with Crippen LogP contribution >= 0.6 is 0 Å². The fourth-order valence-electron chi connectivity index (χ4n) is 4.32. The van der Waals surface area contributed by atoms with E-state index in [0.717, 1.165) is 40.9 Å². The molecule has 3 nitrogen and oxygen atoms in total. The maximum absolute atomic E-state index is 13.5. The number of phenols is 1.